The third kappa shape index (κ3) is 7.37. The van der Waals surface area contributed by atoms with Crippen molar-refractivity contribution in [1.29, 1.82) is 0 Å². The van der Waals surface area contributed by atoms with E-state index in [9.17, 15) is 4.79 Å². The van der Waals surface area contributed by atoms with Gasteiger partial charge in [0.1, 0.15) is 6.10 Å². The summed E-state index contributed by atoms with van der Waals surface area (Å²) in [6.45, 7) is 5.13. The Labute approximate surface area is 105 Å². The number of rotatable bonds is 6. The van der Waals surface area contributed by atoms with Gasteiger partial charge in [-0.05, 0) is 38.6 Å². The molecule has 3 heteroatoms. The molecule has 0 atom stereocenters. The van der Waals surface area contributed by atoms with Gasteiger partial charge in [-0.1, -0.05) is 26.7 Å². The third-order valence-corrected chi connectivity index (χ3v) is 3.21. The lowest BCUT2D eigenvalue weighted by atomic mass is 10.1. The van der Waals surface area contributed by atoms with Crippen molar-refractivity contribution in [3.05, 3.63) is 0 Å². The molecular formula is C14H27NO2. The largest absolute Gasteiger partial charge is 0.462 e. The first-order valence-electron chi connectivity index (χ1n) is 7.11. The van der Waals surface area contributed by atoms with E-state index in [1.807, 2.05) is 0 Å². The van der Waals surface area contributed by atoms with Crippen LogP contribution in [0.1, 0.15) is 65.2 Å². The van der Waals surface area contributed by atoms with Crippen LogP contribution in [0.3, 0.4) is 0 Å². The maximum atomic E-state index is 11.6. The van der Waals surface area contributed by atoms with E-state index in [1.165, 1.54) is 25.7 Å². The minimum atomic E-state index is -0.0116. The Balaban J connectivity index is 2.07. The molecule has 1 N–H and O–H groups in total. The third-order valence-electron chi connectivity index (χ3n) is 3.21. The van der Waals surface area contributed by atoms with Crippen LogP contribution in [0, 0.1) is 0 Å². The molecule has 0 aliphatic heterocycles. The second-order valence-corrected chi connectivity index (χ2v) is 5.32. The van der Waals surface area contributed by atoms with Gasteiger partial charge in [0.2, 0.25) is 0 Å². The van der Waals surface area contributed by atoms with Crippen molar-refractivity contribution < 1.29 is 9.53 Å². The quantitative estimate of drug-likeness (QED) is 0.441. The highest BCUT2D eigenvalue weighted by Gasteiger charge is 2.16. The number of esters is 1. The van der Waals surface area contributed by atoms with Crippen LogP contribution in [0.25, 0.3) is 0 Å². The van der Waals surface area contributed by atoms with Gasteiger partial charge in [-0.15, -0.1) is 0 Å². The summed E-state index contributed by atoms with van der Waals surface area (Å²) in [6, 6.07) is 0.493. The highest BCUT2D eigenvalue weighted by molar-refractivity contribution is 5.69. The first-order valence-corrected chi connectivity index (χ1v) is 7.11. The zero-order valence-corrected chi connectivity index (χ0v) is 11.3. The molecule has 0 aromatic rings. The highest BCUT2D eigenvalue weighted by Crippen LogP contribution is 2.20. The first-order chi connectivity index (χ1) is 8.18. The molecule has 0 saturated heterocycles. The smallest absolute Gasteiger partial charge is 0.306 e. The van der Waals surface area contributed by atoms with Crippen LogP contribution in [-0.4, -0.2) is 24.7 Å². The van der Waals surface area contributed by atoms with E-state index in [2.05, 4.69) is 19.2 Å². The van der Waals surface area contributed by atoms with Crippen molar-refractivity contribution in [2.24, 2.45) is 0 Å². The molecule has 1 aliphatic carbocycles. The lowest BCUT2D eigenvalue weighted by Gasteiger charge is -2.15. The van der Waals surface area contributed by atoms with Crippen molar-refractivity contribution >= 4 is 5.97 Å². The van der Waals surface area contributed by atoms with Gasteiger partial charge in [-0.3, -0.25) is 4.79 Å². The Morgan fingerprint density at radius 2 is 1.88 bits per heavy atom. The number of hydrogen-bond donors (Lipinski definition) is 1. The van der Waals surface area contributed by atoms with Crippen LogP contribution in [0.2, 0.25) is 0 Å². The van der Waals surface area contributed by atoms with Crippen molar-refractivity contribution in [1.82, 2.24) is 5.32 Å². The van der Waals surface area contributed by atoms with Crippen molar-refractivity contribution in [3.8, 4) is 0 Å². The van der Waals surface area contributed by atoms with Crippen LogP contribution < -0.4 is 5.32 Å². The van der Waals surface area contributed by atoms with E-state index in [1.54, 1.807) is 0 Å². The molecule has 0 amide bonds. The van der Waals surface area contributed by atoms with Gasteiger partial charge in [0.15, 0.2) is 0 Å². The number of carbonyl (C=O) groups excluding carboxylic acids is 1. The minimum absolute atomic E-state index is 0.0116. The number of carbonyl (C=O) groups is 1. The Morgan fingerprint density at radius 3 is 2.47 bits per heavy atom. The normalized spacial score (nSPS) is 18.1. The zero-order chi connectivity index (χ0) is 12.5. The van der Waals surface area contributed by atoms with Gasteiger partial charge in [0.05, 0.1) is 0 Å². The average molecular weight is 241 g/mol. The molecule has 0 aromatic heterocycles. The monoisotopic (exact) mass is 241 g/mol. The van der Waals surface area contributed by atoms with E-state index < -0.39 is 0 Å². The van der Waals surface area contributed by atoms with E-state index in [4.69, 9.17) is 4.74 Å². The summed E-state index contributed by atoms with van der Waals surface area (Å²) in [5, 5.41) is 3.31. The molecule has 1 saturated carbocycles. The van der Waals surface area contributed by atoms with Crippen molar-refractivity contribution in [2.45, 2.75) is 77.4 Å². The van der Waals surface area contributed by atoms with Gasteiger partial charge in [-0.25, -0.2) is 0 Å². The van der Waals surface area contributed by atoms with E-state index in [0.717, 1.165) is 25.8 Å². The molecule has 0 unspecified atom stereocenters. The Morgan fingerprint density at radius 1 is 1.24 bits per heavy atom. The topological polar surface area (TPSA) is 38.3 Å². The second kappa shape index (κ2) is 8.51. The molecule has 0 bridgehead atoms. The lowest BCUT2D eigenvalue weighted by Crippen LogP contribution is -2.25. The summed E-state index contributed by atoms with van der Waals surface area (Å²) in [5.74, 6) is -0.0116. The molecular weight excluding hydrogens is 214 g/mol. The second-order valence-electron chi connectivity index (χ2n) is 5.32. The summed E-state index contributed by atoms with van der Waals surface area (Å²) < 4.78 is 5.51. The van der Waals surface area contributed by atoms with Gasteiger partial charge in [0, 0.05) is 12.5 Å². The first kappa shape index (κ1) is 14.5. The van der Waals surface area contributed by atoms with Crippen LogP contribution >= 0.6 is 0 Å². The molecule has 1 aliphatic rings. The summed E-state index contributed by atoms with van der Waals surface area (Å²) in [6.07, 6.45) is 8.78. The molecule has 17 heavy (non-hydrogen) atoms. The van der Waals surface area contributed by atoms with Crippen molar-refractivity contribution in [3.63, 3.8) is 0 Å². The molecule has 3 nitrogen and oxygen atoms in total. The van der Waals surface area contributed by atoms with E-state index >= 15 is 0 Å². The number of ether oxygens (including phenoxy) is 1. The molecule has 100 valence electrons. The van der Waals surface area contributed by atoms with E-state index in [0.29, 0.717) is 12.5 Å². The fourth-order valence-corrected chi connectivity index (χ4v) is 2.23. The SMILES string of the molecule is CC(C)NCCCC(=O)OC1CCCCCC1. The fraction of sp³-hybridized carbons (Fsp3) is 0.929. The Kier molecular flexibility index (Phi) is 7.25. The van der Waals surface area contributed by atoms with Crippen LogP contribution in [-0.2, 0) is 9.53 Å². The summed E-state index contributed by atoms with van der Waals surface area (Å²) in [7, 11) is 0. The molecule has 1 rings (SSSR count). The summed E-state index contributed by atoms with van der Waals surface area (Å²) in [4.78, 5) is 11.6. The number of hydrogen-bond acceptors (Lipinski definition) is 3. The maximum absolute atomic E-state index is 11.6. The van der Waals surface area contributed by atoms with Crippen molar-refractivity contribution in [2.75, 3.05) is 6.54 Å². The average Bonchev–Trinajstić information content (AvgIpc) is 2.53. The molecule has 0 aromatic carbocycles. The Bertz CT molecular complexity index is 208. The van der Waals surface area contributed by atoms with E-state index in [-0.39, 0.29) is 12.1 Å². The fourth-order valence-electron chi connectivity index (χ4n) is 2.23. The van der Waals surface area contributed by atoms with Gasteiger partial charge in [0.25, 0.3) is 0 Å². The lowest BCUT2D eigenvalue weighted by molar-refractivity contribution is -0.149. The predicted molar refractivity (Wildman–Crippen MR) is 70.0 cm³/mol. The van der Waals surface area contributed by atoms with Crippen LogP contribution in [0.15, 0.2) is 0 Å². The molecule has 0 radical (unpaired) electrons. The molecule has 0 spiro atoms. The standard InChI is InChI=1S/C14H27NO2/c1-12(2)15-11-7-10-14(16)17-13-8-5-3-4-6-9-13/h12-13,15H,3-11H2,1-2H3. The van der Waals surface area contributed by atoms with Crippen LogP contribution in [0.5, 0.6) is 0 Å². The van der Waals surface area contributed by atoms with Gasteiger partial charge in [-0.2, -0.15) is 0 Å². The highest BCUT2D eigenvalue weighted by atomic mass is 16.5. The van der Waals surface area contributed by atoms with Crippen LogP contribution in [0.4, 0.5) is 0 Å². The Hall–Kier alpha value is -0.570. The predicted octanol–water partition coefficient (Wildman–Crippen LogP) is 3.03. The number of nitrogens with one attached hydrogen (secondary N) is 1. The van der Waals surface area contributed by atoms with Gasteiger partial charge >= 0.3 is 5.97 Å². The summed E-state index contributed by atoms with van der Waals surface area (Å²) >= 11 is 0. The summed E-state index contributed by atoms with van der Waals surface area (Å²) in [5.41, 5.74) is 0. The molecule has 0 heterocycles. The minimum Gasteiger partial charge on any atom is -0.462 e. The zero-order valence-electron chi connectivity index (χ0n) is 11.3. The van der Waals surface area contributed by atoms with Gasteiger partial charge < -0.3 is 10.1 Å². The maximum Gasteiger partial charge on any atom is 0.306 e. The molecule has 1 fully saturated rings.